The Labute approximate surface area is 163 Å². The molecule has 1 saturated heterocycles. The molecular weight excluding hydrogens is 362 g/mol. The van der Waals surface area contributed by atoms with Gasteiger partial charge in [0.25, 0.3) is 5.91 Å². The van der Waals surface area contributed by atoms with Crippen LogP contribution >= 0.6 is 11.3 Å². The summed E-state index contributed by atoms with van der Waals surface area (Å²) in [5, 5.41) is 5.43. The number of anilines is 1. The number of nitrogens with one attached hydrogen (secondary N) is 1. The van der Waals surface area contributed by atoms with Crippen LogP contribution in [0.3, 0.4) is 0 Å². The Morgan fingerprint density at radius 1 is 1.26 bits per heavy atom. The van der Waals surface area contributed by atoms with Crippen molar-refractivity contribution >= 4 is 28.3 Å². The molecule has 0 bridgehead atoms. The third-order valence-electron chi connectivity index (χ3n) is 4.90. The highest BCUT2D eigenvalue weighted by Crippen LogP contribution is 2.28. The van der Waals surface area contributed by atoms with Crippen LogP contribution in [-0.4, -0.2) is 49.0 Å². The van der Waals surface area contributed by atoms with Gasteiger partial charge in [0.2, 0.25) is 5.91 Å². The summed E-state index contributed by atoms with van der Waals surface area (Å²) in [4.78, 5) is 30.7. The van der Waals surface area contributed by atoms with Crippen molar-refractivity contribution in [3.63, 3.8) is 0 Å². The first-order valence-corrected chi connectivity index (χ1v) is 10.0. The Kier molecular flexibility index (Phi) is 6.58. The Balaban J connectivity index is 1.74. The predicted octanol–water partition coefficient (Wildman–Crippen LogP) is 3.07. The molecule has 0 aliphatic carbocycles. The van der Waals surface area contributed by atoms with Gasteiger partial charge in [-0.2, -0.15) is 0 Å². The standard InChI is InChI=1S/C20H25N3O3S/c1-23(2)19(25)16-5-3-14(4-6-16)13-17(15-7-10-26-11-8-15)18(24)22-20-21-9-12-27-20/h3-6,9,12,15,17H,7-8,10-11,13H2,1-2H3,(H,21,22,24). The molecule has 1 aromatic heterocycles. The van der Waals surface area contributed by atoms with E-state index >= 15 is 0 Å². The van der Waals surface area contributed by atoms with Gasteiger partial charge in [0.15, 0.2) is 5.13 Å². The van der Waals surface area contributed by atoms with Gasteiger partial charge in [-0.1, -0.05) is 12.1 Å². The van der Waals surface area contributed by atoms with Crippen LogP contribution in [0, 0.1) is 11.8 Å². The summed E-state index contributed by atoms with van der Waals surface area (Å²) in [6.07, 6.45) is 4.09. The molecule has 27 heavy (non-hydrogen) atoms. The second-order valence-corrected chi connectivity index (χ2v) is 7.88. The van der Waals surface area contributed by atoms with Crippen LogP contribution in [-0.2, 0) is 16.0 Å². The van der Waals surface area contributed by atoms with Crippen LogP contribution in [0.15, 0.2) is 35.8 Å². The number of rotatable bonds is 6. The fraction of sp³-hybridized carbons (Fsp3) is 0.450. The number of benzene rings is 1. The first-order valence-electron chi connectivity index (χ1n) is 9.13. The van der Waals surface area contributed by atoms with E-state index in [1.807, 2.05) is 29.6 Å². The zero-order valence-corrected chi connectivity index (χ0v) is 16.5. The van der Waals surface area contributed by atoms with Gasteiger partial charge >= 0.3 is 0 Å². The minimum atomic E-state index is -0.145. The predicted molar refractivity (Wildman–Crippen MR) is 106 cm³/mol. The van der Waals surface area contributed by atoms with Crippen molar-refractivity contribution < 1.29 is 14.3 Å². The van der Waals surface area contributed by atoms with Gasteiger partial charge in [0, 0.05) is 50.4 Å². The molecule has 0 spiro atoms. The highest BCUT2D eigenvalue weighted by molar-refractivity contribution is 7.13. The van der Waals surface area contributed by atoms with E-state index in [0.29, 0.717) is 30.3 Å². The fourth-order valence-corrected chi connectivity index (χ4v) is 3.90. The SMILES string of the molecule is CN(C)C(=O)c1ccc(CC(C(=O)Nc2nccs2)C2CCOCC2)cc1. The largest absolute Gasteiger partial charge is 0.381 e. The molecule has 0 saturated carbocycles. The first kappa shape index (κ1) is 19.5. The number of carbonyl (C=O) groups is 2. The maximum Gasteiger partial charge on any atom is 0.253 e. The Bertz CT molecular complexity index is 753. The van der Waals surface area contributed by atoms with Crippen LogP contribution in [0.1, 0.15) is 28.8 Å². The highest BCUT2D eigenvalue weighted by Gasteiger charge is 2.30. The molecule has 1 aromatic carbocycles. The maximum atomic E-state index is 12.9. The minimum absolute atomic E-state index is 0.00490. The summed E-state index contributed by atoms with van der Waals surface area (Å²) in [5.74, 6) is 0.115. The molecular formula is C20H25N3O3S. The van der Waals surface area contributed by atoms with E-state index in [4.69, 9.17) is 4.74 Å². The fourth-order valence-electron chi connectivity index (χ4n) is 3.37. The second-order valence-electron chi connectivity index (χ2n) is 6.98. The molecule has 1 aliphatic heterocycles. The minimum Gasteiger partial charge on any atom is -0.381 e. The molecule has 2 amide bonds. The number of thiazole rings is 1. The lowest BCUT2D eigenvalue weighted by Gasteiger charge is -2.29. The maximum absolute atomic E-state index is 12.9. The van der Waals surface area contributed by atoms with Crippen molar-refractivity contribution in [1.82, 2.24) is 9.88 Å². The van der Waals surface area contributed by atoms with E-state index < -0.39 is 0 Å². The summed E-state index contributed by atoms with van der Waals surface area (Å²) < 4.78 is 5.47. The lowest BCUT2D eigenvalue weighted by atomic mass is 9.81. The number of aromatic nitrogens is 1. The quantitative estimate of drug-likeness (QED) is 0.827. The van der Waals surface area contributed by atoms with Crippen molar-refractivity contribution in [2.75, 3.05) is 32.6 Å². The van der Waals surface area contributed by atoms with Crippen molar-refractivity contribution in [2.24, 2.45) is 11.8 Å². The topological polar surface area (TPSA) is 71.5 Å². The monoisotopic (exact) mass is 387 g/mol. The normalized spacial score (nSPS) is 15.9. The molecule has 3 rings (SSSR count). The molecule has 144 valence electrons. The summed E-state index contributed by atoms with van der Waals surface area (Å²) in [6.45, 7) is 1.39. The van der Waals surface area contributed by atoms with Gasteiger partial charge in [-0.15, -0.1) is 11.3 Å². The molecule has 1 aliphatic rings. The van der Waals surface area contributed by atoms with E-state index in [9.17, 15) is 9.59 Å². The number of hydrogen-bond donors (Lipinski definition) is 1. The highest BCUT2D eigenvalue weighted by atomic mass is 32.1. The summed E-state index contributed by atoms with van der Waals surface area (Å²) in [5.41, 5.74) is 1.70. The van der Waals surface area contributed by atoms with Crippen molar-refractivity contribution in [1.29, 1.82) is 0 Å². The molecule has 0 radical (unpaired) electrons. The number of ether oxygens (including phenoxy) is 1. The first-order chi connectivity index (χ1) is 13.0. The molecule has 6 nitrogen and oxygen atoms in total. The number of hydrogen-bond acceptors (Lipinski definition) is 5. The molecule has 1 unspecified atom stereocenters. The Morgan fingerprint density at radius 2 is 1.96 bits per heavy atom. The molecule has 2 aromatic rings. The van der Waals surface area contributed by atoms with Crippen molar-refractivity contribution in [3.05, 3.63) is 47.0 Å². The number of amides is 2. The summed E-state index contributed by atoms with van der Waals surface area (Å²) in [7, 11) is 3.47. The molecule has 7 heteroatoms. The van der Waals surface area contributed by atoms with E-state index in [2.05, 4.69) is 10.3 Å². The summed E-state index contributed by atoms with van der Waals surface area (Å²) in [6, 6.07) is 7.55. The van der Waals surface area contributed by atoms with Crippen molar-refractivity contribution in [3.8, 4) is 0 Å². The van der Waals surface area contributed by atoms with Gasteiger partial charge in [0.05, 0.1) is 0 Å². The zero-order chi connectivity index (χ0) is 19.2. The van der Waals surface area contributed by atoms with Crippen LogP contribution < -0.4 is 5.32 Å². The number of nitrogens with zero attached hydrogens (tertiary/aromatic N) is 2. The average Bonchev–Trinajstić information content (AvgIpc) is 3.19. The third-order valence-corrected chi connectivity index (χ3v) is 5.59. The molecule has 1 N–H and O–H groups in total. The van der Waals surface area contributed by atoms with Gasteiger partial charge in [-0.3, -0.25) is 9.59 Å². The van der Waals surface area contributed by atoms with Gasteiger partial charge < -0.3 is 15.0 Å². The zero-order valence-electron chi connectivity index (χ0n) is 15.7. The third kappa shape index (κ3) is 5.14. The average molecular weight is 388 g/mol. The van der Waals surface area contributed by atoms with Crippen molar-refractivity contribution in [2.45, 2.75) is 19.3 Å². The molecule has 2 heterocycles. The Hall–Kier alpha value is -2.25. The molecule has 1 atom stereocenters. The number of carbonyl (C=O) groups excluding carboxylic acids is 2. The Morgan fingerprint density at radius 3 is 2.56 bits per heavy atom. The van der Waals surface area contributed by atoms with Crippen LogP contribution in [0.25, 0.3) is 0 Å². The van der Waals surface area contributed by atoms with Gasteiger partial charge in [-0.05, 0) is 42.9 Å². The second kappa shape index (κ2) is 9.10. The van der Waals surface area contributed by atoms with Crippen LogP contribution in [0.2, 0.25) is 0 Å². The van der Waals surface area contributed by atoms with Crippen LogP contribution in [0.4, 0.5) is 5.13 Å². The van der Waals surface area contributed by atoms with E-state index in [0.717, 1.165) is 18.4 Å². The van der Waals surface area contributed by atoms with E-state index in [1.54, 1.807) is 25.2 Å². The van der Waals surface area contributed by atoms with Gasteiger partial charge in [-0.25, -0.2) is 4.98 Å². The van der Waals surface area contributed by atoms with E-state index in [1.165, 1.54) is 11.3 Å². The lowest BCUT2D eigenvalue weighted by Crippen LogP contribution is -2.34. The van der Waals surface area contributed by atoms with E-state index in [-0.39, 0.29) is 23.7 Å². The van der Waals surface area contributed by atoms with Gasteiger partial charge in [0.1, 0.15) is 0 Å². The summed E-state index contributed by atoms with van der Waals surface area (Å²) >= 11 is 1.42. The smallest absolute Gasteiger partial charge is 0.253 e. The molecule has 1 fully saturated rings. The lowest BCUT2D eigenvalue weighted by molar-refractivity contribution is -0.122. The van der Waals surface area contributed by atoms with Crippen LogP contribution in [0.5, 0.6) is 0 Å².